The highest BCUT2D eigenvalue weighted by Crippen LogP contribution is 2.27. The first kappa shape index (κ1) is 17.4. The molecule has 2 aliphatic rings. The Morgan fingerprint density at radius 1 is 1.04 bits per heavy atom. The van der Waals surface area contributed by atoms with Crippen LogP contribution in [-0.2, 0) is 4.79 Å². The minimum Gasteiger partial charge on any atom is -0.339 e. The third kappa shape index (κ3) is 3.81. The fraction of sp³-hybridized carbons (Fsp3) is 0.650. The molecule has 1 aromatic rings. The molecule has 0 saturated carbocycles. The van der Waals surface area contributed by atoms with Gasteiger partial charge in [0.1, 0.15) is 0 Å². The summed E-state index contributed by atoms with van der Waals surface area (Å²) < 4.78 is 0. The number of benzene rings is 1. The van der Waals surface area contributed by atoms with Gasteiger partial charge in [0.2, 0.25) is 5.91 Å². The number of hydrogen-bond acceptors (Lipinski definition) is 3. The molecular weight excluding hydrogens is 298 g/mol. The molecular formula is C20H31N3O. The van der Waals surface area contributed by atoms with Crippen LogP contribution in [0, 0.1) is 5.92 Å². The predicted octanol–water partition coefficient (Wildman–Crippen LogP) is 2.62. The highest BCUT2D eigenvalue weighted by Gasteiger charge is 2.33. The van der Waals surface area contributed by atoms with Gasteiger partial charge in [0.25, 0.3) is 0 Å². The van der Waals surface area contributed by atoms with E-state index in [2.05, 4.69) is 65.9 Å². The summed E-state index contributed by atoms with van der Waals surface area (Å²) in [5, 5.41) is 0. The number of nitrogens with zero attached hydrogens (tertiary/aromatic N) is 3. The summed E-state index contributed by atoms with van der Waals surface area (Å²) in [6, 6.07) is 11.5. The topological polar surface area (TPSA) is 26.8 Å². The Balaban J connectivity index is 1.62. The third-order valence-corrected chi connectivity index (χ3v) is 5.75. The highest BCUT2D eigenvalue weighted by atomic mass is 16.2. The number of likely N-dealkylation sites (N-methyl/N-ethyl adjacent to an activating group) is 1. The SMILES string of the molecule is CC(C)N1CCC(C(=O)N2CCN(C)C(c3ccccc3)C2)CC1. The Morgan fingerprint density at radius 2 is 1.71 bits per heavy atom. The lowest BCUT2D eigenvalue weighted by atomic mass is 9.93. The van der Waals surface area contributed by atoms with E-state index in [4.69, 9.17) is 0 Å². The molecule has 2 aliphatic heterocycles. The van der Waals surface area contributed by atoms with Gasteiger partial charge in [0.15, 0.2) is 0 Å². The fourth-order valence-corrected chi connectivity index (χ4v) is 4.03. The van der Waals surface area contributed by atoms with Crippen molar-refractivity contribution in [2.45, 2.75) is 38.8 Å². The van der Waals surface area contributed by atoms with Gasteiger partial charge in [0, 0.05) is 31.6 Å². The van der Waals surface area contributed by atoms with Crippen molar-refractivity contribution in [1.29, 1.82) is 0 Å². The zero-order chi connectivity index (χ0) is 17.1. The van der Waals surface area contributed by atoms with Crippen LogP contribution >= 0.6 is 0 Å². The van der Waals surface area contributed by atoms with Gasteiger partial charge >= 0.3 is 0 Å². The van der Waals surface area contributed by atoms with Crippen LogP contribution in [0.25, 0.3) is 0 Å². The molecule has 132 valence electrons. The van der Waals surface area contributed by atoms with Crippen LogP contribution in [0.5, 0.6) is 0 Å². The van der Waals surface area contributed by atoms with Gasteiger partial charge in [-0.1, -0.05) is 30.3 Å². The molecule has 2 fully saturated rings. The van der Waals surface area contributed by atoms with Gasteiger partial charge in [0.05, 0.1) is 6.04 Å². The zero-order valence-corrected chi connectivity index (χ0v) is 15.3. The molecule has 4 nitrogen and oxygen atoms in total. The van der Waals surface area contributed by atoms with Gasteiger partial charge in [-0.3, -0.25) is 9.69 Å². The van der Waals surface area contributed by atoms with Crippen LogP contribution in [0.15, 0.2) is 30.3 Å². The molecule has 0 radical (unpaired) electrons. The Bertz CT molecular complexity index is 537. The largest absolute Gasteiger partial charge is 0.339 e. The molecule has 0 N–H and O–H groups in total. The van der Waals surface area contributed by atoms with Gasteiger partial charge in [-0.2, -0.15) is 0 Å². The van der Waals surface area contributed by atoms with E-state index < -0.39 is 0 Å². The van der Waals surface area contributed by atoms with Crippen LogP contribution in [0.4, 0.5) is 0 Å². The van der Waals surface area contributed by atoms with Gasteiger partial charge < -0.3 is 9.80 Å². The second kappa shape index (κ2) is 7.66. The number of rotatable bonds is 3. The number of amides is 1. The average Bonchev–Trinajstić information content (AvgIpc) is 2.62. The minimum absolute atomic E-state index is 0.222. The number of likely N-dealkylation sites (tertiary alicyclic amines) is 1. The van der Waals surface area contributed by atoms with E-state index in [1.54, 1.807) is 0 Å². The van der Waals surface area contributed by atoms with E-state index in [1.807, 2.05) is 0 Å². The van der Waals surface area contributed by atoms with Gasteiger partial charge in [-0.05, 0) is 52.4 Å². The molecule has 2 saturated heterocycles. The maximum atomic E-state index is 13.0. The summed E-state index contributed by atoms with van der Waals surface area (Å²) in [5.41, 5.74) is 1.31. The lowest BCUT2D eigenvalue weighted by Gasteiger charge is -2.42. The highest BCUT2D eigenvalue weighted by molar-refractivity contribution is 5.79. The van der Waals surface area contributed by atoms with Gasteiger partial charge in [-0.25, -0.2) is 0 Å². The van der Waals surface area contributed by atoms with E-state index in [9.17, 15) is 4.79 Å². The number of carbonyl (C=O) groups is 1. The molecule has 3 rings (SSSR count). The first-order chi connectivity index (χ1) is 11.6. The lowest BCUT2D eigenvalue weighted by Crippen LogP contribution is -2.52. The molecule has 1 aromatic carbocycles. The first-order valence-electron chi connectivity index (χ1n) is 9.34. The van der Waals surface area contributed by atoms with E-state index >= 15 is 0 Å². The fourth-order valence-electron chi connectivity index (χ4n) is 4.03. The number of carbonyl (C=O) groups excluding carboxylic acids is 1. The molecule has 24 heavy (non-hydrogen) atoms. The number of piperidine rings is 1. The minimum atomic E-state index is 0.222. The van der Waals surface area contributed by atoms with Crippen molar-refractivity contribution in [3.8, 4) is 0 Å². The second-order valence-corrected chi connectivity index (χ2v) is 7.60. The molecule has 1 amide bonds. The van der Waals surface area contributed by atoms with Crippen LogP contribution in [-0.4, -0.2) is 66.4 Å². The zero-order valence-electron chi connectivity index (χ0n) is 15.3. The Kier molecular flexibility index (Phi) is 5.57. The number of piperazine rings is 1. The normalized spacial score (nSPS) is 24.5. The monoisotopic (exact) mass is 329 g/mol. The summed E-state index contributed by atoms with van der Waals surface area (Å²) in [5.74, 6) is 0.604. The quantitative estimate of drug-likeness (QED) is 0.853. The van der Waals surface area contributed by atoms with Crippen molar-refractivity contribution >= 4 is 5.91 Å². The van der Waals surface area contributed by atoms with Crippen molar-refractivity contribution < 1.29 is 4.79 Å². The molecule has 2 heterocycles. The standard InChI is InChI=1S/C20H31N3O/c1-16(2)22-11-9-18(10-12-22)20(24)23-14-13-21(3)19(15-23)17-7-5-4-6-8-17/h4-8,16,18-19H,9-15H2,1-3H3. The van der Waals surface area contributed by atoms with Crippen LogP contribution in [0.2, 0.25) is 0 Å². The maximum absolute atomic E-state index is 13.0. The van der Waals surface area contributed by atoms with Crippen molar-refractivity contribution in [3.05, 3.63) is 35.9 Å². The summed E-state index contributed by atoms with van der Waals surface area (Å²) >= 11 is 0. The van der Waals surface area contributed by atoms with E-state index in [0.717, 1.165) is 45.6 Å². The summed E-state index contributed by atoms with van der Waals surface area (Å²) in [6.07, 6.45) is 2.03. The first-order valence-corrected chi connectivity index (χ1v) is 9.34. The van der Waals surface area contributed by atoms with Crippen molar-refractivity contribution in [2.24, 2.45) is 5.92 Å². The van der Waals surface area contributed by atoms with Gasteiger partial charge in [-0.15, -0.1) is 0 Å². The predicted molar refractivity (Wildman–Crippen MR) is 97.8 cm³/mol. The lowest BCUT2D eigenvalue weighted by molar-refractivity contribution is -0.140. The maximum Gasteiger partial charge on any atom is 0.225 e. The van der Waals surface area contributed by atoms with Crippen LogP contribution in [0.3, 0.4) is 0 Å². The third-order valence-electron chi connectivity index (χ3n) is 5.75. The molecule has 0 spiro atoms. The van der Waals surface area contributed by atoms with Crippen molar-refractivity contribution in [2.75, 3.05) is 39.8 Å². The van der Waals surface area contributed by atoms with Crippen LogP contribution < -0.4 is 0 Å². The second-order valence-electron chi connectivity index (χ2n) is 7.60. The Morgan fingerprint density at radius 3 is 2.33 bits per heavy atom. The van der Waals surface area contributed by atoms with E-state index in [0.29, 0.717) is 18.0 Å². The molecule has 0 aromatic heterocycles. The smallest absolute Gasteiger partial charge is 0.225 e. The van der Waals surface area contributed by atoms with E-state index in [-0.39, 0.29) is 5.92 Å². The average molecular weight is 329 g/mol. The number of hydrogen-bond donors (Lipinski definition) is 0. The van der Waals surface area contributed by atoms with Crippen molar-refractivity contribution in [1.82, 2.24) is 14.7 Å². The van der Waals surface area contributed by atoms with Crippen molar-refractivity contribution in [3.63, 3.8) is 0 Å². The Hall–Kier alpha value is -1.39. The summed E-state index contributed by atoms with van der Waals surface area (Å²) in [7, 11) is 2.17. The van der Waals surface area contributed by atoms with Crippen LogP contribution in [0.1, 0.15) is 38.3 Å². The molecule has 1 unspecified atom stereocenters. The van der Waals surface area contributed by atoms with E-state index in [1.165, 1.54) is 5.56 Å². The molecule has 4 heteroatoms. The summed E-state index contributed by atoms with van der Waals surface area (Å²) in [4.78, 5) is 20.0. The molecule has 0 aliphatic carbocycles. The molecule has 1 atom stereocenters. The summed E-state index contributed by atoms with van der Waals surface area (Å²) in [6.45, 7) is 9.25. The molecule has 0 bridgehead atoms. The Labute approximate surface area is 146 Å².